The maximum Gasteiger partial charge on any atom is 0.348 e. The predicted molar refractivity (Wildman–Crippen MR) is 107 cm³/mol. The maximum absolute atomic E-state index is 12.6. The summed E-state index contributed by atoms with van der Waals surface area (Å²) < 4.78 is 1.82. The van der Waals surface area contributed by atoms with E-state index >= 15 is 0 Å². The highest BCUT2D eigenvalue weighted by Gasteiger charge is 2.24. The molecule has 26 heavy (non-hydrogen) atoms. The van der Waals surface area contributed by atoms with Gasteiger partial charge in [0.15, 0.2) is 0 Å². The molecule has 0 spiro atoms. The fourth-order valence-electron chi connectivity index (χ4n) is 3.61. The lowest BCUT2D eigenvalue weighted by atomic mass is 10.2. The summed E-state index contributed by atoms with van der Waals surface area (Å²) in [6.45, 7) is 9.61. The van der Waals surface area contributed by atoms with Crippen LogP contribution in [0.1, 0.15) is 45.4 Å². The highest BCUT2D eigenvalue weighted by atomic mass is 32.2. The van der Waals surface area contributed by atoms with E-state index in [1.165, 1.54) is 17.3 Å². The fourth-order valence-corrected chi connectivity index (χ4v) is 4.56. The zero-order valence-corrected chi connectivity index (χ0v) is 17.7. The molecule has 6 nitrogen and oxygen atoms in total. The zero-order valence-electron chi connectivity index (χ0n) is 16.9. The Kier molecular flexibility index (Phi) is 7.29. The number of fused-ring (bicyclic) bond motifs is 1. The minimum atomic E-state index is -0.188. The van der Waals surface area contributed by atoms with Crippen molar-refractivity contribution in [1.82, 2.24) is 19.4 Å². The van der Waals surface area contributed by atoms with E-state index in [0.717, 1.165) is 36.5 Å². The number of likely N-dealkylation sites (N-methyl/N-ethyl adjacent to an activating group) is 1. The summed E-state index contributed by atoms with van der Waals surface area (Å²) in [7, 11) is 4.01. The van der Waals surface area contributed by atoms with Gasteiger partial charge in [0, 0.05) is 36.4 Å². The molecule has 0 fully saturated rings. The van der Waals surface area contributed by atoms with Crippen LogP contribution in [0.5, 0.6) is 0 Å². The molecule has 7 heteroatoms. The molecule has 1 aromatic heterocycles. The van der Waals surface area contributed by atoms with Gasteiger partial charge in [-0.15, -0.1) is 0 Å². The average molecular weight is 381 g/mol. The van der Waals surface area contributed by atoms with Crippen molar-refractivity contribution in [2.45, 2.75) is 70.6 Å². The molecule has 0 saturated heterocycles. The third-order valence-corrected chi connectivity index (χ3v) is 5.71. The van der Waals surface area contributed by atoms with Gasteiger partial charge in [0.2, 0.25) is 5.91 Å². The van der Waals surface area contributed by atoms with Crippen LogP contribution >= 0.6 is 11.8 Å². The number of hydrogen-bond donors (Lipinski definition) is 0. The predicted octanol–water partition coefficient (Wildman–Crippen LogP) is 2.03. The molecule has 1 amide bonds. The molecular weight excluding hydrogens is 348 g/mol. The van der Waals surface area contributed by atoms with Gasteiger partial charge in [0.05, 0.1) is 5.75 Å². The summed E-state index contributed by atoms with van der Waals surface area (Å²) in [4.78, 5) is 33.4. The number of amides is 1. The Morgan fingerprint density at radius 2 is 1.85 bits per heavy atom. The van der Waals surface area contributed by atoms with Crippen molar-refractivity contribution in [3.8, 4) is 0 Å². The third kappa shape index (κ3) is 4.88. The van der Waals surface area contributed by atoms with E-state index in [-0.39, 0.29) is 23.7 Å². The molecule has 0 aliphatic heterocycles. The van der Waals surface area contributed by atoms with E-state index in [2.05, 4.69) is 9.88 Å². The second-order valence-electron chi connectivity index (χ2n) is 7.71. The Bertz CT molecular complexity index is 690. The van der Waals surface area contributed by atoms with Crippen LogP contribution in [0.3, 0.4) is 0 Å². The Hall–Kier alpha value is -1.34. The van der Waals surface area contributed by atoms with Crippen molar-refractivity contribution in [2.24, 2.45) is 0 Å². The molecule has 2 rings (SSSR count). The van der Waals surface area contributed by atoms with E-state index in [1.807, 2.05) is 51.3 Å². The van der Waals surface area contributed by atoms with Crippen LogP contribution in [0.4, 0.5) is 0 Å². The smallest absolute Gasteiger partial charge is 0.337 e. The van der Waals surface area contributed by atoms with Gasteiger partial charge in [-0.3, -0.25) is 9.36 Å². The molecular formula is C19H32N4O2S. The van der Waals surface area contributed by atoms with Gasteiger partial charge in [-0.25, -0.2) is 4.79 Å². The third-order valence-electron chi connectivity index (χ3n) is 4.70. The van der Waals surface area contributed by atoms with Crippen LogP contribution in [0.25, 0.3) is 0 Å². The summed E-state index contributed by atoms with van der Waals surface area (Å²) in [6.07, 6.45) is 2.92. The first-order valence-corrected chi connectivity index (χ1v) is 10.4. The number of aromatic nitrogens is 2. The number of nitrogens with zero attached hydrogens (tertiary/aromatic N) is 4. The molecule has 1 aliphatic carbocycles. The molecule has 0 N–H and O–H groups in total. The van der Waals surface area contributed by atoms with Gasteiger partial charge >= 0.3 is 5.69 Å². The van der Waals surface area contributed by atoms with Crippen LogP contribution in [-0.2, 0) is 24.2 Å². The largest absolute Gasteiger partial charge is 0.348 e. The summed E-state index contributed by atoms with van der Waals surface area (Å²) in [5, 5.41) is 0.754. The van der Waals surface area contributed by atoms with E-state index in [9.17, 15) is 9.59 Å². The zero-order chi connectivity index (χ0) is 19.4. The molecule has 0 aromatic carbocycles. The second kappa shape index (κ2) is 9.04. The van der Waals surface area contributed by atoms with Crippen LogP contribution in [0.2, 0.25) is 0 Å². The van der Waals surface area contributed by atoms with E-state index in [1.54, 1.807) is 0 Å². The Morgan fingerprint density at radius 3 is 2.42 bits per heavy atom. The lowest BCUT2D eigenvalue weighted by molar-refractivity contribution is -0.131. The van der Waals surface area contributed by atoms with Gasteiger partial charge in [-0.05, 0) is 61.1 Å². The van der Waals surface area contributed by atoms with Crippen LogP contribution in [0.15, 0.2) is 9.82 Å². The number of hydrogen-bond acceptors (Lipinski definition) is 5. The van der Waals surface area contributed by atoms with Crippen LogP contribution in [0, 0.1) is 0 Å². The first kappa shape index (κ1) is 21.0. The Balaban J connectivity index is 2.18. The van der Waals surface area contributed by atoms with Gasteiger partial charge in [0.25, 0.3) is 0 Å². The monoisotopic (exact) mass is 380 g/mol. The van der Waals surface area contributed by atoms with Crippen molar-refractivity contribution in [3.63, 3.8) is 0 Å². The summed E-state index contributed by atoms with van der Waals surface area (Å²) in [5.74, 6) is 0.432. The summed E-state index contributed by atoms with van der Waals surface area (Å²) in [5.41, 5.74) is 2.10. The Morgan fingerprint density at radius 1 is 1.19 bits per heavy atom. The molecule has 0 radical (unpaired) electrons. The Labute approximate surface area is 161 Å². The molecule has 0 unspecified atom stereocenters. The highest BCUT2D eigenvalue weighted by Crippen LogP contribution is 2.29. The molecule has 0 bridgehead atoms. The lowest BCUT2D eigenvalue weighted by Crippen LogP contribution is -2.43. The van der Waals surface area contributed by atoms with Gasteiger partial charge in [-0.2, -0.15) is 4.98 Å². The van der Waals surface area contributed by atoms with Crippen molar-refractivity contribution >= 4 is 17.7 Å². The minimum Gasteiger partial charge on any atom is -0.337 e. The standard InChI is InChI=1S/C19H32N4O2S/c1-13(2)23(14(3)4)17(24)12-26-18-15-8-7-9-16(15)22(19(25)20-18)11-10-21(5)6/h13-14H,7-12H2,1-6H3. The first-order valence-electron chi connectivity index (χ1n) is 9.43. The van der Waals surface area contributed by atoms with E-state index < -0.39 is 0 Å². The highest BCUT2D eigenvalue weighted by molar-refractivity contribution is 7.99. The number of carbonyl (C=O) groups excluding carboxylic acids is 1. The van der Waals surface area contributed by atoms with Crippen molar-refractivity contribution < 1.29 is 4.79 Å². The number of rotatable bonds is 8. The average Bonchev–Trinajstić information content (AvgIpc) is 3.00. The van der Waals surface area contributed by atoms with Crippen LogP contribution < -0.4 is 5.69 Å². The van der Waals surface area contributed by atoms with Crippen LogP contribution in [-0.4, -0.2) is 63.7 Å². The van der Waals surface area contributed by atoms with Crippen molar-refractivity contribution in [3.05, 3.63) is 21.7 Å². The normalized spacial score (nSPS) is 13.7. The van der Waals surface area contributed by atoms with E-state index in [0.29, 0.717) is 12.3 Å². The van der Waals surface area contributed by atoms with Gasteiger partial charge in [-0.1, -0.05) is 11.8 Å². The first-order chi connectivity index (χ1) is 12.2. The fraction of sp³-hybridized carbons (Fsp3) is 0.737. The molecule has 1 aromatic rings. The molecule has 1 heterocycles. The molecule has 0 atom stereocenters. The lowest BCUT2D eigenvalue weighted by Gasteiger charge is -2.30. The topological polar surface area (TPSA) is 58.4 Å². The second-order valence-corrected chi connectivity index (χ2v) is 8.67. The summed E-state index contributed by atoms with van der Waals surface area (Å²) >= 11 is 1.42. The van der Waals surface area contributed by atoms with E-state index in [4.69, 9.17) is 0 Å². The maximum atomic E-state index is 12.6. The number of thioether (sulfide) groups is 1. The SMILES string of the molecule is CC(C)N(C(=O)CSc1nc(=O)n(CCN(C)C)c2c1CCC2)C(C)C. The van der Waals surface area contributed by atoms with Crippen molar-refractivity contribution in [2.75, 3.05) is 26.4 Å². The van der Waals surface area contributed by atoms with Crippen molar-refractivity contribution in [1.29, 1.82) is 0 Å². The summed E-state index contributed by atoms with van der Waals surface area (Å²) in [6, 6.07) is 0.335. The van der Waals surface area contributed by atoms with Gasteiger partial charge < -0.3 is 9.80 Å². The quantitative estimate of drug-likeness (QED) is 0.510. The molecule has 1 aliphatic rings. The molecule has 0 saturated carbocycles. The van der Waals surface area contributed by atoms with Gasteiger partial charge in [0.1, 0.15) is 5.03 Å². The molecule has 146 valence electrons. The minimum absolute atomic E-state index is 0.102. The number of carbonyl (C=O) groups is 1.